The Balaban J connectivity index is 2.28. The van der Waals surface area contributed by atoms with Gasteiger partial charge in [0.25, 0.3) is 0 Å². The molecule has 29 heavy (non-hydrogen) atoms. The van der Waals surface area contributed by atoms with Gasteiger partial charge in [0.2, 0.25) is 10.0 Å². The van der Waals surface area contributed by atoms with E-state index in [-0.39, 0.29) is 17.0 Å². The molecule has 9 heteroatoms. The standard InChI is InChI=1S/C20H22N4O4S/c1-12-11-13(21)7-8-14(12)19-18(22)16(9-10-24(19)25)20(29(23,26)27)15-5-3-4-6-17(15)28-2/h3-11,20-21,25H,22H2,1-2H3,(H2,23,26,27). The van der Waals surface area contributed by atoms with Crippen LogP contribution < -0.4 is 15.6 Å². The topological polar surface area (TPSA) is 143 Å². The molecule has 2 aliphatic rings. The van der Waals surface area contributed by atoms with E-state index in [2.05, 4.69) is 0 Å². The van der Waals surface area contributed by atoms with Crippen LogP contribution in [0.1, 0.15) is 17.7 Å². The third-order valence-electron chi connectivity index (χ3n) is 4.70. The lowest BCUT2D eigenvalue weighted by molar-refractivity contribution is -0.00332. The zero-order valence-electron chi connectivity index (χ0n) is 16.0. The van der Waals surface area contributed by atoms with Crippen molar-refractivity contribution >= 4 is 15.7 Å². The van der Waals surface area contributed by atoms with Crippen LogP contribution in [0.15, 0.2) is 82.9 Å². The summed E-state index contributed by atoms with van der Waals surface area (Å²) in [5.41, 5.74) is 8.76. The largest absolute Gasteiger partial charge is 0.496 e. The van der Waals surface area contributed by atoms with Crippen LogP contribution in [0.5, 0.6) is 5.75 Å². The zero-order chi connectivity index (χ0) is 21.3. The van der Waals surface area contributed by atoms with Crippen molar-refractivity contribution in [3.05, 3.63) is 88.4 Å². The number of nitrogens with one attached hydrogen (secondary N) is 1. The number of rotatable bonds is 4. The summed E-state index contributed by atoms with van der Waals surface area (Å²) in [5, 5.41) is 23.3. The quantitative estimate of drug-likeness (QED) is 0.595. The van der Waals surface area contributed by atoms with Gasteiger partial charge in [-0.1, -0.05) is 24.3 Å². The van der Waals surface area contributed by atoms with Crippen LogP contribution in [0.4, 0.5) is 0 Å². The summed E-state index contributed by atoms with van der Waals surface area (Å²) in [5.74, 6) is 0.350. The van der Waals surface area contributed by atoms with E-state index >= 15 is 0 Å². The van der Waals surface area contributed by atoms with E-state index in [1.807, 2.05) is 0 Å². The van der Waals surface area contributed by atoms with Gasteiger partial charge in [-0.15, -0.1) is 0 Å². The molecule has 0 saturated carbocycles. The first-order valence-electron chi connectivity index (χ1n) is 8.65. The van der Waals surface area contributed by atoms with Crippen molar-refractivity contribution in [2.75, 3.05) is 7.11 Å². The number of nitrogens with zero attached hydrogens (tertiary/aromatic N) is 1. The van der Waals surface area contributed by atoms with Gasteiger partial charge in [-0.2, -0.15) is 0 Å². The van der Waals surface area contributed by atoms with Crippen LogP contribution in [-0.2, 0) is 10.0 Å². The molecule has 0 bridgehead atoms. The van der Waals surface area contributed by atoms with Crippen molar-refractivity contribution in [2.24, 2.45) is 10.9 Å². The van der Waals surface area contributed by atoms with Crippen molar-refractivity contribution in [3.8, 4) is 5.75 Å². The zero-order valence-corrected chi connectivity index (χ0v) is 16.8. The highest BCUT2D eigenvalue weighted by Gasteiger charge is 2.34. The average molecular weight is 414 g/mol. The average Bonchev–Trinajstić information content (AvgIpc) is 2.65. The van der Waals surface area contributed by atoms with Gasteiger partial charge in [0, 0.05) is 22.9 Å². The number of primary sulfonamides is 1. The molecule has 6 N–H and O–H groups in total. The normalized spacial score (nSPS) is 20.8. The second kappa shape index (κ2) is 7.70. The molecule has 1 unspecified atom stereocenters. The van der Waals surface area contributed by atoms with Crippen LogP contribution in [-0.4, -0.2) is 31.5 Å². The Labute approximate surface area is 169 Å². The molecule has 0 saturated heterocycles. The van der Waals surface area contributed by atoms with E-state index in [1.165, 1.54) is 19.4 Å². The molecule has 0 aromatic heterocycles. The van der Waals surface area contributed by atoms with E-state index in [9.17, 15) is 13.6 Å². The summed E-state index contributed by atoms with van der Waals surface area (Å²) in [7, 11) is -2.70. The molecule has 1 heterocycles. The second-order valence-corrected chi connectivity index (χ2v) is 8.27. The number of para-hydroxylation sites is 1. The molecule has 152 valence electrons. The van der Waals surface area contributed by atoms with Crippen LogP contribution in [0.25, 0.3) is 0 Å². The monoisotopic (exact) mass is 414 g/mol. The number of hydroxylamine groups is 2. The van der Waals surface area contributed by atoms with E-state index in [0.717, 1.165) is 5.06 Å². The maximum Gasteiger partial charge on any atom is 0.220 e. The Bertz CT molecular complexity index is 1130. The molecule has 1 aliphatic carbocycles. The number of sulfonamides is 1. The van der Waals surface area contributed by atoms with Crippen molar-refractivity contribution in [3.63, 3.8) is 0 Å². The number of nitrogens with two attached hydrogens (primary N) is 2. The summed E-state index contributed by atoms with van der Waals surface area (Å²) >= 11 is 0. The first-order valence-corrected chi connectivity index (χ1v) is 10.3. The highest BCUT2D eigenvalue weighted by Crippen LogP contribution is 2.40. The predicted molar refractivity (Wildman–Crippen MR) is 110 cm³/mol. The third-order valence-corrected chi connectivity index (χ3v) is 5.87. The van der Waals surface area contributed by atoms with Gasteiger partial charge in [0.15, 0.2) is 0 Å². The Morgan fingerprint density at radius 1 is 1.21 bits per heavy atom. The Hall–Kier alpha value is -3.14. The predicted octanol–water partition coefficient (Wildman–Crippen LogP) is 2.25. The van der Waals surface area contributed by atoms with Gasteiger partial charge in [-0.25, -0.2) is 18.6 Å². The minimum atomic E-state index is -4.14. The van der Waals surface area contributed by atoms with Crippen molar-refractivity contribution in [1.82, 2.24) is 5.06 Å². The van der Waals surface area contributed by atoms with Crippen LogP contribution in [0, 0.1) is 5.41 Å². The van der Waals surface area contributed by atoms with Crippen LogP contribution in [0.3, 0.4) is 0 Å². The number of methoxy groups -OCH3 is 1. The van der Waals surface area contributed by atoms with Gasteiger partial charge in [-0.05, 0) is 36.8 Å². The first kappa shape index (κ1) is 20.6. The van der Waals surface area contributed by atoms with Crippen molar-refractivity contribution in [1.29, 1.82) is 5.41 Å². The van der Waals surface area contributed by atoms with E-state index < -0.39 is 15.3 Å². The molecule has 1 atom stereocenters. The fourth-order valence-electron chi connectivity index (χ4n) is 3.41. The fraction of sp³-hybridized carbons (Fsp3) is 0.150. The summed E-state index contributed by atoms with van der Waals surface area (Å²) in [6, 6.07) is 6.64. The molecule has 1 aliphatic heterocycles. The smallest absolute Gasteiger partial charge is 0.220 e. The lowest BCUT2D eigenvalue weighted by atomic mass is 9.92. The Morgan fingerprint density at radius 2 is 1.90 bits per heavy atom. The van der Waals surface area contributed by atoms with Crippen molar-refractivity contribution < 1.29 is 18.4 Å². The van der Waals surface area contributed by atoms with Gasteiger partial charge < -0.3 is 15.9 Å². The third kappa shape index (κ3) is 3.88. The highest BCUT2D eigenvalue weighted by molar-refractivity contribution is 7.89. The van der Waals surface area contributed by atoms with E-state index in [0.29, 0.717) is 28.2 Å². The molecule has 1 aromatic carbocycles. The molecule has 3 rings (SSSR count). The van der Waals surface area contributed by atoms with Crippen molar-refractivity contribution in [2.45, 2.75) is 12.2 Å². The number of ether oxygens (including phenoxy) is 1. The minimum Gasteiger partial charge on any atom is -0.496 e. The maximum absolute atomic E-state index is 12.6. The number of hydrogen-bond acceptors (Lipinski definition) is 7. The summed E-state index contributed by atoms with van der Waals surface area (Å²) in [6.07, 6.45) is 7.55. The van der Waals surface area contributed by atoms with Gasteiger partial charge in [0.05, 0.1) is 24.2 Å². The van der Waals surface area contributed by atoms with Gasteiger partial charge in [-0.3, -0.25) is 5.21 Å². The Morgan fingerprint density at radius 3 is 2.52 bits per heavy atom. The summed E-state index contributed by atoms with van der Waals surface area (Å²) in [4.78, 5) is 0. The number of hydrogen-bond donors (Lipinski definition) is 4. The maximum atomic E-state index is 12.6. The molecule has 0 radical (unpaired) electrons. The van der Waals surface area contributed by atoms with Gasteiger partial charge >= 0.3 is 0 Å². The lowest BCUT2D eigenvalue weighted by Crippen LogP contribution is -2.30. The van der Waals surface area contributed by atoms with Gasteiger partial charge in [0.1, 0.15) is 11.0 Å². The molecular weight excluding hydrogens is 392 g/mol. The molecular formula is C20H22N4O4S. The van der Waals surface area contributed by atoms with E-state index in [1.54, 1.807) is 49.4 Å². The Kier molecular flexibility index (Phi) is 5.47. The SMILES string of the molecule is COc1ccccc1C(C1=C(N)C(=C2C=CC(=N)C=C2C)N(O)C=C1)S(N)(=O)=O. The first-order chi connectivity index (χ1) is 13.6. The second-order valence-electron chi connectivity index (χ2n) is 6.62. The molecule has 0 amide bonds. The molecule has 0 spiro atoms. The number of benzene rings is 1. The molecule has 1 aromatic rings. The molecule has 8 nitrogen and oxygen atoms in total. The fourth-order valence-corrected chi connectivity index (χ4v) is 4.51. The lowest BCUT2D eigenvalue weighted by Gasteiger charge is -2.29. The highest BCUT2D eigenvalue weighted by atomic mass is 32.2. The summed E-state index contributed by atoms with van der Waals surface area (Å²) < 4.78 is 30.5. The van der Waals surface area contributed by atoms with Crippen LogP contribution in [0.2, 0.25) is 0 Å². The van der Waals surface area contributed by atoms with E-state index in [4.69, 9.17) is 21.0 Å². The summed E-state index contributed by atoms with van der Waals surface area (Å²) in [6.45, 7) is 1.77. The molecule has 0 fully saturated rings. The number of allylic oxidation sites excluding steroid dienone is 6. The minimum absolute atomic E-state index is 0.0563. The van der Waals surface area contributed by atoms with Crippen LogP contribution >= 0.6 is 0 Å².